The molecule has 0 amide bonds. The second-order valence-corrected chi connectivity index (χ2v) is 16.4. The van der Waals surface area contributed by atoms with Crippen molar-refractivity contribution in [3.8, 4) is 50.2 Å². The Morgan fingerprint density at radius 2 is 0.797 bits per heavy atom. The molecular formula is C62H42N2. The van der Waals surface area contributed by atoms with Gasteiger partial charge in [0.25, 0.3) is 0 Å². The number of hydrogen-bond acceptors (Lipinski definition) is 1. The van der Waals surface area contributed by atoms with Crippen LogP contribution in [0.15, 0.2) is 255 Å². The van der Waals surface area contributed by atoms with Crippen LogP contribution in [0.1, 0.15) is 0 Å². The molecule has 0 atom stereocenters. The molecule has 0 aliphatic heterocycles. The molecular weight excluding hydrogens is 773 g/mol. The minimum Gasteiger partial charge on any atom is -0.309 e. The van der Waals surface area contributed by atoms with Gasteiger partial charge >= 0.3 is 0 Å². The molecule has 0 saturated heterocycles. The molecule has 1 heterocycles. The first-order chi connectivity index (χ1) is 31.8. The smallest absolute Gasteiger partial charge is 0.0547 e. The van der Waals surface area contributed by atoms with E-state index in [9.17, 15) is 0 Å². The van der Waals surface area contributed by atoms with E-state index in [2.05, 4.69) is 264 Å². The monoisotopic (exact) mass is 814 g/mol. The Morgan fingerprint density at radius 1 is 0.281 bits per heavy atom. The van der Waals surface area contributed by atoms with Crippen molar-refractivity contribution < 1.29 is 0 Å². The lowest BCUT2D eigenvalue weighted by Crippen LogP contribution is -2.12. The molecule has 2 heteroatoms. The largest absolute Gasteiger partial charge is 0.309 e. The summed E-state index contributed by atoms with van der Waals surface area (Å²) in [6.07, 6.45) is 0. The molecule has 0 N–H and O–H groups in total. The van der Waals surface area contributed by atoms with Crippen LogP contribution in [0.5, 0.6) is 0 Å². The summed E-state index contributed by atoms with van der Waals surface area (Å²) < 4.78 is 2.40. The Kier molecular flexibility index (Phi) is 9.20. The highest BCUT2D eigenvalue weighted by atomic mass is 15.1. The van der Waals surface area contributed by atoms with E-state index in [0.717, 1.165) is 33.9 Å². The van der Waals surface area contributed by atoms with Gasteiger partial charge in [0.15, 0.2) is 0 Å². The Hall–Kier alpha value is -8.46. The number of nitrogens with zero attached hydrogens (tertiary/aromatic N) is 2. The molecule has 0 bridgehead atoms. The Balaban J connectivity index is 1.11. The molecule has 0 aliphatic carbocycles. The van der Waals surface area contributed by atoms with E-state index >= 15 is 0 Å². The van der Waals surface area contributed by atoms with E-state index in [1.54, 1.807) is 0 Å². The second kappa shape index (κ2) is 15.8. The maximum Gasteiger partial charge on any atom is 0.0547 e. The van der Waals surface area contributed by atoms with Gasteiger partial charge in [-0.1, -0.05) is 200 Å². The summed E-state index contributed by atoms with van der Waals surface area (Å²) in [5.41, 5.74) is 16.3. The molecule has 12 rings (SSSR count). The van der Waals surface area contributed by atoms with Crippen molar-refractivity contribution in [2.75, 3.05) is 4.90 Å². The van der Waals surface area contributed by atoms with Crippen LogP contribution in [0.3, 0.4) is 0 Å². The van der Waals surface area contributed by atoms with Crippen molar-refractivity contribution in [3.05, 3.63) is 255 Å². The Morgan fingerprint density at radius 3 is 1.53 bits per heavy atom. The summed E-state index contributed by atoms with van der Waals surface area (Å²) in [5.74, 6) is 0. The molecule has 300 valence electrons. The van der Waals surface area contributed by atoms with Gasteiger partial charge in [-0.05, 0) is 110 Å². The maximum absolute atomic E-state index is 2.48. The van der Waals surface area contributed by atoms with Crippen molar-refractivity contribution in [1.82, 2.24) is 4.57 Å². The van der Waals surface area contributed by atoms with Crippen LogP contribution in [0.2, 0.25) is 0 Å². The lowest BCUT2D eigenvalue weighted by Gasteiger charge is -2.30. The van der Waals surface area contributed by atoms with E-state index < -0.39 is 0 Å². The zero-order chi connectivity index (χ0) is 42.4. The highest BCUT2D eigenvalue weighted by Crippen LogP contribution is 2.49. The standard InChI is InChI=1S/C62H42N2/c1-3-19-45(20-4-1)51-29-15-22-46-23-16-30-54(61(46)51)52-26-9-12-32-57(52)63(50-40-38-44(39-41-50)48-37-36-43-18-7-8-21-47(43)42-48)58-33-13-10-27-53(58)55-31-17-35-60-62(55)56-28-11-14-34-59(56)64(60)49-24-5-2-6-25-49/h1-42H. The third-order valence-electron chi connectivity index (χ3n) is 12.8. The molecule has 1 aromatic heterocycles. The van der Waals surface area contributed by atoms with Crippen molar-refractivity contribution >= 4 is 60.4 Å². The lowest BCUT2D eigenvalue weighted by atomic mass is 9.90. The Bertz CT molecular complexity index is 3650. The molecule has 0 spiro atoms. The summed E-state index contributed by atoms with van der Waals surface area (Å²) >= 11 is 0. The number of fused-ring (bicyclic) bond motifs is 5. The van der Waals surface area contributed by atoms with Crippen LogP contribution in [0.25, 0.3) is 93.5 Å². The fourth-order valence-corrected chi connectivity index (χ4v) is 9.90. The van der Waals surface area contributed by atoms with Gasteiger partial charge in [-0.25, -0.2) is 0 Å². The van der Waals surface area contributed by atoms with Gasteiger partial charge in [-0.15, -0.1) is 0 Å². The topological polar surface area (TPSA) is 8.17 Å². The third-order valence-corrected chi connectivity index (χ3v) is 12.8. The zero-order valence-electron chi connectivity index (χ0n) is 35.1. The predicted octanol–water partition coefficient (Wildman–Crippen LogP) is 17.2. The summed E-state index contributed by atoms with van der Waals surface area (Å²) in [4.78, 5) is 2.48. The number of para-hydroxylation sites is 4. The highest BCUT2D eigenvalue weighted by Gasteiger charge is 2.24. The number of anilines is 3. The molecule has 0 unspecified atom stereocenters. The number of aromatic nitrogens is 1. The van der Waals surface area contributed by atoms with Crippen molar-refractivity contribution in [2.24, 2.45) is 0 Å². The fourth-order valence-electron chi connectivity index (χ4n) is 9.90. The van der Waals surface area contributed by atoms with Gasteiger partial charge in [-0.3, -0.25) is 0 Å². The number of benzene rings is 11. The van der Waals surface area contributed by atoms with Crippen LogP contribution in [0, 0.1) is 0 Å². The molecule has 0 saturated carbocycles. The van der Waals surface area contributed by atoms with Crippen molar-refractivity contribution in [1.29, 1.82) is 0 Å². The van der Waals surface area contributed by atoms with Crippen LogP contribution >= 0.6 is 0 Å². The first-order valence-electron chi connectivity index (χ1n) is 22.0. The van der Waals surface area contributed by atoms with Crippen LogP contribution < -0.4 is 4.90 Å². The van der Waals surface area contributed by atoms with Gasteiger partial charge < -0.3 is 9.47 Å². The van der Waals surface area contributed by atoms with Crippen LogP contribution in [0.4, 0.5) is 17.1 Å². The van der Waals surface area contributed by atoms with Crippen molar-refractivity contribution in [2.45, 2.75) is 0 Å². The average Bonchev–Trinajstić information content (AvgIpc) is 3.72. The van der Waals surface area contributed by atoms with Gasteiger partial charge in [0.1, 0.15) is 0 Å². The molecule has 0 radical (unpaired) electrons. The quantitative estimate of drug-likeness (QED) is 0.148. The summed E-state index contributed by atoms with van der Waals surface area (Å²) in [6, 6.07) is 92.8. The Labute approximate surface area is 373 Å². The van der Waals surface area contributed by atoms with E-state index in [0.29, 0.717) is 0 Å². The second-order valence-electron chi connectivity index (χ2n) is 16.4. The molecule has 0 fully saturated rings. The van der Waals surface area contributed by atoms with E-state index in [1.807, 2.05) is 0 Å². The normalized spacial score (nSPS) is 11.4. The maximum atomic E-state index is 2.48. The minimum absolute atomic E-state index is 1.08. The van der Waals surface area contributed by atoms with Gasteiger partial charge in [0, 0.05) is 33.3 Å². The fraction of sp³-hybridized carbons (Fsp3) is 0. The summed E-state index contributed by atoms with van der Waals surface area (Å²) in [5, 5.41) is 7.39. The summed E-state index contributed by atoms with van der Waals surface area (Å²) in [6.45, 7) is 0. The van der Waals surface area contributed by atoms with Gasteiger partial charge in [-0.2, -0.15) is 0 Å². The molecule has 12 aromatic rings. The first kappa shape index (κ1) is 37.3. The molecule has 64 heavy (non-hydrogen) atoms. The third kappa shape index (κ3) is 6.35. The predicted molar refractivity (Wildman–Crippen MR) is 272 cm³/mol. The minimum atomic E-state index is 1.08. The molecule has 2 nitrogen and oxygen atoms in total. The lowest BCUT2D eigenvalue weighted by molar-refractivity contribution is 1.18. The van der Waals surface area contributed by atoms with Crippen molar-refractivity contribution in [3.63, 3.8) is 0 Å². The zero-order valence-corrected chi connectivity index (χ0v) is 35.1. The average molecular weight is 815 g/mol. The molecule has 0 aliphatic rings. The number of rotatable bonds is 8. The number of hydrogen-bond donors (Lipinski definition) is 0. The molecule has 11 aromatic carbocycles. The first-order valence-corrected chi connectivity index (χ1v) is 22.0. The highest BCUT2D eigenvalue weighted by molar-refractivity contribution is 6.17. The van der Waals surface area contributed by atoms with E-state index in [-0.39, 0.29) is 0 Å². The van der Waals surface area contributed by atoms with E-state index in [4.69, 9.17) is 0 Å². The van der Waals surface area contributed by atoms with Crippen LogP contribution in [-0.2, 0) is 0 Å². The SMILES string of the molecule is c1ccc(-c2cccc3cccc(-c4ccccc4N(c4ccc(-c5ccc6ccccc6c5)cc4)c4ccccc4-c4cccc5c4c4ccccc4n5-c4ccccc4)c23)cc1. The van der Waals surface area contributed by atoms with Gasteiger partial charge in [0.05, 0.1) is 22.4 Å². The van der Waals surface area contributed by atoms with Gasteiger partial charge in [0.2, 0.25) is 0 Å². The van der Waals surface area contributed by atoms with E-state index in [1.165, 1.54) is 76.7 Å². The summed E-state index contributed by atoms with van der Waals surface area (Å²) in [7, 11) is 0. The van der Waals surface area contributed by atoms with Crippen LogP contribution in [-0.4, -0.2) is 4.57 Å².